The molecule has 0 aromatic rings. The molecule has 0 aromatic heterocycles. The van der Waals surface area contributed by atoms with Gasteiger partial charge in [-0.3, -0.25) is 4.79 Å². The van der Waals surface area contributed by atoms with Gasteiger partial charge in [0.15, 0.2) is 0 Å². The van der Waals surface area contributed by atoms with Gasteiger partial charge >= 0.3 is 5.97 Å². The molecule has 0 aliphatic rings. The molecule has 0 aliphatic carbocycles. The average Bonchev–Trinajstić information content (AvgIpc) is 2.53. The molecule has 0 spiro atoms. The Morgan fingerprint density at radius 3 is 1.48 bits per heavy atom. The molecule has 0 aromatic carbocycles. The van der Waals surface area contributed by atoms with Crippen LogP contribution in [0.5, 0.6) is 0 Å². The molecule has 0 rings (SSSR count). The highest BCUT2D eigenvalue weighted by atomic mass is 16.4. The summed E-state index contributed by atoms with van der Waals surface area (Å²) in [6.45, 7) is 2.19. The first kappa shape index (κ1) is 21.9. The van der Waals surface area contributed by atoms with Crippen LogP contribution in [0, 0.1) is 0 Å². The van der Waals surface area contributed by atoms with E-state index in [1.165, 1.54) is 64.2 Å². The molecule has 0 radical (unpaired) electrons. The van der Waals surface area contributed by atoms with Crippen LogP contribution in [0.3, 0.4) is 0 Å². The Balaban J connectivity index is 3.10. The lowest BCUT2D eigenvalue weighted by molar-refractivity contribution is -0.137. The van der Waals surface area contributed by atoms with Gasteiger partial charge in [0.1, 0.15) is 0 Å². The number of rotatable bonds is 17. The summed E-state index contributed by atoms with van der Waals surface area (Å²) in [6, 6.07) is 0. The third-order valence-corrected chi connectivity index (χ3v) is 4.07. The highest BCUT2D eigenvalue weighted by molar-refractivity contribution is 5.66. The Hall–Kier alpha value is -1.05. The van der Waals surface area contributed by atoms with Crippen molar-refractivity contribution < 1.29 is 9.90 Å². The molecule has 0 unspecified atom stereocenters. The summed E-state index contributed by atoms with van der Waals surface area (Å²) in [5.74, 6) is -0.672. The van der Waals surface area contributed by atoms with E-state index in [-0.39, 0.29) is 0 Å². The maximum absolute atomic E-state index is 10.4. The van der Waals surface area contributed by atoms with Gasteiger partial charge in [0.05, 0.1) is 0 Å². The SMILES string of the molecule is CC/C=C/CCCCCCCCC/C=C/CCCCCC(=O)O. The fraction of sp³-hybridized carbons (Fsp3) is 0.762. The van der Waals surface area contributed by atoms with E-state index in [0.29, 0.717) is 6.42 Å². The van der Waals surface area contributed by atoms with E-state index in [4.69, 9.17) is 5.11 Å². The van der Waals surface area contributed by atoms with E-state index < -0.39 is 5.97 Å². The normalized spacial score (nSPS) is 11.7. The summed E-state index contributed by atoms with van der Waals surface area (Å²) in [5, 5.41) is 8.53. The molecule has 2 heteroatoms. The van der Waals surface area contributed by atoms with Crippen molar-refractivity contribution >= 4 is 5.97 Å². The molecule has 0 atom stereocenters. The summed E-state index contributed by atoms with van der Waals surface area (Å²) < 4.78 is 0. The second-order valence-electron chi connectivity index (χ2n) is 6.40. The Labute approximate surface area is 144 Å². The van der Waals surface area contributed by atoms with Gasteiger partial charge in [0.2, 0.25) is 0 Å². The summed E-state index contributed by atoms with van der Waals surface area (Å²) in [6.07, 6.45) is 26.8. The van der Waals surface area contributed by atoms with Crippen LogP contribution in [0.25, 0.3) is 0 Å². The van der Waals surface area contributed by atoms with E-state index in [9.17, 15) is 4.79 Å². The molecule has 134 valence electrons. The first-order valence-electron chi connectivity index (χ1n) is 9.79. The zero-order valence-corrected chi connectivity index (χ0v) is 15.3. The van der Waals surface area contributed by atoms with Gasteiger partial charge in [0.25, 0.3) is 0 Å². The van der Waals surface area contributed by atoms with E-state index in [1.807, 2.05) is 0 Å². The average molecular weight is 323 g/mol. The van der Waals surface area contributed by atoms with Crippen LogP contribution in [0.1, 0.15) is 103 Å². The van der Waals surface area contributed by atoms with Crippen molar-refractivity contribution in [2.24, 2.45) is 0 Å². The number of hydrogen-bond acceptors (Lipinski definition) is 1. The van der Waals surface area contributed by atoms with Crippen molar-refractivity contribution in [1.82, 2.24) is 0 Å². The van der Waals surface area contributed by atoms with Gasteiger partial charge in [-0.25, -0.2) is 0 Å². The van der Waals surface area contributed by atoms with Crippen molar-refractivity contribution in [3.63, 3.8) is 0 Å². The van der Waals surface area contributed by atoms with E-state index in [2.05, 4.69) is 31.2 Å². The smallest absolute Gasteiger partial charge is 0.303 e. The summed E-state index contributed by atoms with van der Waals surface area (Å²) in [7, 11) is 0. The van der Waals surface area contributed by atoms with Crippen molar-refractivity contribution in [2.45, 2.75) is 103 Å². The Kier molecular flexibility index (Phi) is 18.1. The highest BCUT2D eigenvalue weighted by Gasteiger charge is 1.95. The van der Waals surface area contributed by atoms with Crippen molar-refractivity contribution in [3.05, 3.63) is 24.3 Å². The fourth-order valence-electron chi connectivity index (χ4n) is 2.64. The zero-order chi connectivity index (χ0) is 17.0. The molecule has 0 heterocycles. The molecule has 0 amide bonds. The molecule has 0 fully saturated rings. The van der Waals surface area contributed by atoms with Crippen LogP contribution < -0.4 is 0 Å². The zero-order valence-electron chi connectivity index (χ0n) is 15.3. The minimum Gasteiger partial charge on any atom is -0.481 e. The predicted octanol–water partition coefficient (Wildman–Crippen LogP) is 7.05. The maximum atomic E-state index is 10.4. The van der Waals surface area contributed by atoms with E-state index in [0.717, 1.165) is 25.7 Å². The number of carboxylic acid groups (broad SMARTS) is 1. The van der Waals surface area contributed by atoms with Crippen LogP contribution in [0.4, 0.5) is 0 Å². The lowest BCUT2D eigenvalue weighted by Crippen LogP contribution is -1.93. The van der Waals surface area contributed by atoms with Gasteiger partial charge in [-0.1, -0.05) is 69.8 Å². The van der Waals surface area contributed by atoms with Crippen LogP contribution in [0.15, 0.2) is 24.3 Å². The van der Waals surface area contributed by atoms with Crippen LogP contribution in [-0.4, -0.2) is 11.1 Å². The lowest BCUT2D eigenvalue weighted by Gasteiger charge is -2.00. The quantitative estimate of drug-likeness (QED) is 0.230. The monoisotopic (exact) mass is 322 g/mol. The first-order valence-corrected chi connectivity index (χ1v) is 9.79. The van der Waals surface area contributed by atoms with Crippen LogP contribution in [0.2, 0.25) is 0 Å². The molecule has 1 N–H and O–H groups in total. The third-order valence-electron chi connectivity index (χ3n) is 4.07. The van der Waals surface area contributed by atoms with Crippen LogP contribution in [-0.2, 0) is 4.79 Å². The predicted molar refractivity (Wildman–Crippen MR) is 101 cm³/mol. The van der Waals surface area contributed by atoms with Crippen molar-refractivity contribution in [3.8, 4) is 0 Å². The summed E-state index contributed by atoms with van der Waals surface area (Å²) >= 11 is 0. The van der Waals surface area contributed by atoms with Gasteiger partial charge < -0.3 is 5.11 Å². The Bertz CT molecular complexity index is 305. The Morgan fingerprint density at radius 2 is 1.04 bits per heavy atom. The molecule has 0 bridgehead atoms. The third kappa shape index (κ3) is 21.0. The number of allylic oxidation sites excluding steroid dienone is 4. The van der Waals surface area contributed by atoms with Crippen molar-refractivity contribution in [1.29, 1.82) is 0 Å². The topological polar surface area (TPSA) is 37.3 Å². The first-order chi connectivity index (χ1) is 11.3. The minimum absolute atomic E-state index is 0.319. The molecular weight excluding hydrogens is 284 g/mol. The lowest BCUT2D eigenvalue weighted by atomic mass is 10.1. The second-order valence-corrected chi connectivity index (χ2v) is 6.40. The molecule has 0 aliphatic heterocycles. The second kappa shape index (κ2) is 19.0. The van der Waals surface area contributed by atoms with Crippen molar-refractivity contribution in [2.75, 3.05) is 0 Å². The fourth-order valence-corrected chi connectivity index (χ4v) is 2.64. The van der Waals surface area contributed by atoms with Gasteiger partial charge in [-0.15, -0.1) is 0 Å². The standard InChI is InChI=1S/C21H38O2/c1-2-3-4-5-6-7-8-9-10-11-12-13-14-15-16-17-18-19-20-21(22)23/h3-4,14-15H,2,5-13,16-20H2,1H3,(H,22,23)/b4-3+,15-14+. The number of carboxylic acids is 1. The number of hydrogen-bond donors (Lipinski definition) is 1. The highest BCUT2D eigenvalue weighted by Crippen LogP contribution is 2.11. The molecular formula is C21H38O2. The molecule has 0 saturated heterocycles. The summed E-state index contributed by atoms with van der Waals surface area (Å²) in [5.41, 5.74) is 0. The largest absolute Gasteiger partial charge is 0.481 e. The molecule has 2 nitrogen and oxygen atoms in total. The molecule has 23 heavy (non-hydrogen) atoms. The van der Waals surface area contributed by atoms with Gasteiger partial charge in [-0.05, 0) is 51.4 Å². The van der Waals surface area contributed by atoms with Crippen LogP contribution >= 0.6 is 0 Å². The van der Waals surface area contributed by atoms with Gasteiger partial charge in [0, 0.05) is 6.42 Å². The van der Waals surface area contributed by atoms with E-state index in [1.54, 1.807) is 0 Å². The number of aliphatic carboxylic acids is 1. The molecule has 0 saturated carbocycles. The number of carbonyl (C=O) groups is 1. The minimum atomic E-state index is -0.672. The summed E-state index contributed by atoms with van der Waals surface area (Å²) in [4.78, 5) is 10.4. The van der Waals surface area contributed by atoms with E-state index >= 15 is 0 Å². The van der Waals surface area contributed by atoms with Gasteiger partial charge in [-0.2, -0.15) is 0 Å². The maximum Gasteiger partial charge on any atom is 0.303 e. The number of unbranched alkanes of at least 4 members (excludes halogenated alkanes) is 11. The Morgan fingerprint density at radius 1 is 0.652 bits per heavy atom.